The predicted octanol–water partition coefficient (Wildman–Crippen LogP) is 3.51. The summed E-state index contributed by atoms with van der Waals surface area (Å²) in [5, 5.41) is 4.50. The number of carbonyl (C=O) groups excluding carboxylic acids is 1. The molecule has 2 aromatic rings. The molecule has 20 heavy (non-hydrogen) atoms. The number of nitrogens with zero attached hydrogens (tertiary/aromatic N) is 2. The van der Waals surface area contributed by atoms with E-state index in [2.05, 4.69) is 31.9 Å². The van der Waals surface area contributed by atoms with Gasteiger partial charge in [-0.25, -0.2) is 0 Å². The average Bonchev–Trinajstić information content (AvgIpc) is 2.84. The van der Waals surface area contributed by atoms with Crippen LogP contribution in [0.25, 0.3) is 0 Å². The molecular formula is C17H22N2O. The van der Waals surface area contributed by atoms with E-state index in [9.17, 15) is 4.79 Å². The van der Waals surface area contributed by atoms with Crippen LogP contribution in [0.2, 0.25) is 0 Å². The Morgan fingerprint density at radius 3 is 2.45 bits per heavy atom. The fraction of sp³-hybridized carbons (Fsp3) is 0.412. The number of hydrogen-bond acceptors (Lipinski definition) is 2. The molecule has 0 saturated carbocycles. The average molecular weight is 270 g/mol. The van der Waals surface area contributed by atoms with Crippen LogP contribution in [0.15, 0.2) is 24.3 Å². The van der Waals surface area contributed by atoms with Crippen LogP contribution in [0.1, 0.15) is 46.7 Å². The largest absolute Gasteiger partial charge is 0.292 e. The first-order chi connectivity index (χ1) is 9.55. The minimum atomic E-state index is 0.119. The minimum Gasteiger partial charge on any atom is -0.292 e. The molecular weight excluding hydrogens is 248 g/mol. The van der Waals surface area contributed by atoms with Gasteiger partial charge in [0.1, 0.15) is 6.54 Å². The number of Topliss-reactive ketones (excluding diaryl/α,β-unsaturated/α-hetero) is 1. The van der Waals surface area contributed by atoms with Gasteiger partial charge in [-0.05, 0) is 49.9 Å². The molecule has 0 atom stereocenters. The molecule has 0 aliphatic carbocycles. The normalized spacial score (nSPS) is 10.8. The van der Waals surface area contributed by atoms with Crippen molar-refractivity contribution in [2.45, 2.75) is 47.1 Å². The fourth-order valence-corrected chi connectivity index (χ4v) is 2.25. The first kappa shape index (κ1) is 14.5. The lowest BCUT2D eigenvalue weighted by atomic mass is 10.0. The van der Waals surface area contributed by atoms with Gasteiger partial charge in [0.05, 0.1) is 5.69 Å². The lowest BCUT2D eigenvalue weighted by Crippen LogP contribution is -2.14. The van der Waals surface area contributed by atoms with Gasteiger partial charge < -0.3 is 0 Å². The van der Waals surface area contributed by atoms with Crippen molar-refractivity contribution in [2.75, 3.05) is 0 Å². The second kappa shape index (κ2) is 6.04. The van der Waals surface area contributed by atoms with E-state index in [-0.39, 0.29) is 5.78 Å². The molecule has 0 N–H and O–H groups in total. The van der Waals surface area contributed by atoms with Gasteiger partial charge in [-0.1, -0.05) is 26.0 Å². The maximum Gasteiger partial charge on any atom is 0.184 e. The molecule has 0 saturated heterocycles. The Hall–Kier alpha value is -1.90. The Labute approximate surface area is 120 Å². The van der Waals surface area contributed by atoms with Crippen molar-refractivity contribution >= 4 is 5.78 Å². The van der Waals surface area contributed by atoms with Crippen LogP contribution in [-0.2, 0) is 19.4 Å². The van der Waals surface area contributed by atoms with Crippen molar-refractivity contribution < 1.29 is 4.79 Å². The van der Waals surface area contributed by atoms with Gasteiger partial charge in [0.2, 0.25) is 0 Å². The molecule has 106 valence electrons. The highest BCUT2D eigenvalue weighted by atomic mass is 16.1. The Kier molecular flexibility index (Phi) is 4.38. The van der Waals surface area contributed by atoms with Gasteiger partial charge in [0, 0.05) is 11.3 Å². The SMILES string of the molecule is CCc1cc(CC)n(CC(=O)c2ccc(C)c(C)c2)n1. The fourth-order valence-electron chi connectivity index (χ4n) is 2.25. The van der Waals surface area contributed by atoms with Crippen molar-refractivity contribution in [3.8, 4) is 0 Å². The molecule has 3 heteroatoms. The molecule has 1 heterocycles. The molecule has 1 aromatic heterocycles. The molecule has 0 unspecified atom stereocenters. The smallest absolute Gasteiger partial charge is 0.184 e. The van der Waals surface area contributed by atoms with Crippen LogP contribution in [0.5, 0.6) is 0 Å². The molecule has 0 radical (unpaired) electrons. The first-order valence-corrected chi connectivity index (χ1v) is 7.21. The maximum atomic E-state index is 12.4. The van der Waals surface area contributed by atoms with Crippen molar-refractivity contribution in [3.63, 3.8) is 0 Å². The van der Waals surface area contributed by atoms with Crippen molar-refractivity contribution in [3.05, 3.63) is 52.3 Å². The monoisotopic (exact) mass is 270 g/mol. The van der Waals surface area contributed by atoms with Crippen LogP contribution >= 0.6 is 0 Å². The molecule has 0 fully saturated rings. The predicted molar refractivity (Wildman–Crippen MR) is 81.2 cm³/mol. The lowest BCUT2D eigenvalue weighted by molar-refractivity contribution is 0.0966. The molecule has 0 amide bonds. The van der Waals surface area contributed by atoms with Crippen molar-refractivity contribution in [1.29, 1.82) is 0 Å². The van der Waals surface area contributed by atoms with Gasteiger partial charge in [0.15, 0.2) is 5.78 Å². The van der Waals surface area contributed by atoms with Gasteiger partial charge in [0.25, 0.3) is 0 Å². The highest BCUT2D eigenvalue weighted by molar-refractivity contribution is 5.96. The Balaban J connectivity index is 2.22. The summed E-state index contributed by atoms with van der Waals surface area (Å²) >= 11 is 0. The Morgan fingerprint density at radius 2 is 1.85 bits per heavy atom. The molecule has 0 aliphatic rings. The second-order valence-electron chi connectivity index (χ2n) is 5.21. The highest BCUT2D eigenvalue weighted by Crippen LogP contribution is 2.13. The van der Waals surface area contributed by atoms with E-state index in [0.29, 0.717) is 6.54 Å². The van der Waals surface area contributed by atoms with E-state index in [0.717, 1.165) is 35.4 Å². The van der Waals surface area contributed by atoms with Crippen LogP contribution < -0.4 is 0 Å². The molecule has 3 nitrogen and oxygen atoms in total. The third kappa shape index (κ3) is 2.98. The van der Waals surface area contributed by atoms with Crippen LogP contribution in [0.4, 0.5) is 0 Å². The topological polar surface area (TPSA) is 34.9 Å². The van der Waals surface area contributed by atoms with E-state index in [4.69, 9.17) is 0 Å². The summed E-state index contributed by atoms with van der Waals surface area (Å²) in [6.45, 7) is 8.59. The second-order valence-corrected chi connectivity index (χ2v) is 5.21. The van der Waals surface area contributed by atoms with Crippen LogP contribution in [-0.4, -0.2) is 15.6 Å². The summed E-state index contributed by atoms with van der Waals surface area (Å²) in [6.07, 6.45) is 1.80. The number of aromatic nitrogens is 2. The quantitative estimate of drug-likeness (QED) is 0.779. The summed E-state index contributed by atoms with van der Waals surface area (Å²) in [5.74, 6) is 0.119. The molecule has 0 spiro atoms. The number of hydrogen-bond donors (Lipinski definition) is 0. The molecule has 2 rings (SSSR count). The summed E-state index contributed by atoms with van der Waals surface area (Å²) in [6, 6.07) is 7.96. The maximum absolute atomic E-state index is 12.4. The zero-order valence-corrected chi connectivity index (χ0v) is 12.7. The molecule has 1 aromatic carbocycles. The number of rotatable bonds is 5. The number of ketones is 1. The van der Waals surface area contributed by atoms with E-state index in [1.807, 2.05) is 29.8 Å². The third-order valence-corrected chi connectivity index (χ3v) is 3.76. The van der Waals surface area contributed by atoms with Gasteiger partial charge >= 0.3 is 0 Å². The zero-order valence-electron chi connectivity index (χ0n) is 12.7. The van der Waals surface area contributed by atoms with E-state index >= 15 is 0 Å². The summed E-state index contributed by atoms with van der Waals surface area (Å²) in [5.41, 5.74) is 5.31. The first-order valence-electron chi connectivity index (χ1n) is 7.21. The highest BCUT2D eigenvalue weighted by Gasteiger charge is 2.12. The minimum absolute atomic E-state index is 0.119. The van der Waals surface area contributed by atoms with Gasteiger partial charge in [-0.2, -0.15) is 5.10 Å². The summed E-state index contributed by atoms with van der Waals surface area (Å²) < 4.78 is 1.84. The van der Waals surface area contributed by atoms with Gasteiger partial charge in [-0.15, -0.1) is 0 Å². The molecule has 0 aliphatic heterocycles. The zero-order chi connectivity index (χ0) is 14.7. The van der Waals surface area contributed by atoms with Crippen molar-refractivity contribution in [2.24, 2.45) is 0 Å². The number of aryl methyl sites for hydroxylation is 4. The van der Waals surface area contributed by atoms with Crippen LogP contribution in [0, 0.1) is 13.8 Å². The van der Waals surface area contributed by atoms with Gasteiger partial charge in [-0.3, -0.25) is 9.48 Å². The van der Waals surface area contributed by atoms with E-state index in [1.54, 1.807) is 0 Å². The lowest BCUT2D eigenvalue weighted by Gasteiger charge is -2.07. The molecule has 0 bridgehead atoms. The van der Waals surface area contributed by atoms with Crippen molar-refractivity contribution in [1.82, 2.24) is 9.78 Å². The Bertz CT molecular complexity index is 626. The summed E-state index contributed by atoms with van der Waals surface area (Å²) in [7, 11) is 0. The number of benzene rings is 1. The number of carbonyl (C=O) groups is 1. The van der Waals surface area contributed by atoms with E-state index in [1.165, 1.54) is 5.56 Å². The summed E-state index contributed by atoms with van der Waals surface area (Å²) in [4.78, 5) is 12.4. The standard InChI is InChI=1S/C17H22N2O/c1-5-15-10-16(6-2)19(18-15)11-17(20)14-8-7-12(3)13(4)9-14/h7-10H,5-6,11H2,1-4H3. The Morgan fingerprint density at radius 1 is 1.10 bits per heavy atom. The van der Waals surface area contributed by atoms with E-state index < -0.39 is 0 Å². The third-order valence-electron chi connectivity index (χ3n) is 3.76. The van der Waals surface area contributed by atoms with Crippen LogP contribution in [0.3, 0.4) is 0 Å².